The van der Waals surface area contributed by atoms with Gasteiger partial charge in [0.2, 0.25) is 0 Å². The summed E-state index contributed by atoms with van der Waals surface area (Å²) in [6.07, 6.45) is 2.09. The number of carbonyl (C=O) groups is 1. The molecule has 2 unspecified atom stereocenters. The highest BCUT2D eigenvalue weighted by Crippen LogP contribution is 2.53. The average molecular weight is 665 g/mol. The summed E-state index contributed by atoms with van der Waals surface area (Å²) in [5.74, 6) is -0.460. The van der Waals surface area contributed by atoms with E-state index in [1.165, 1.54) is 0 Å². The molecule has 1 aliphatic heterocycles. The molecule has 1 fully saturated rings. The first kappa shape index (κ1) is 23.3. The molecule has 0 saturated heterocycles. The van der Waals surface area contributed by atoms with Crippen molar-refractivity contribution in [2.24, 2.45) is 17.8 Å². The molecule has 1 heterocycles. The van der Waals surface area contributed by atoms with Gasteiger partial charge in [-0.15, -0.1) is 0 Å². The summed E-state index contributed by atoms with van der Waals surface area (Å²) in [7, 11) is -2.99. The number of rotatable bonds is 5. The second-order valence-corrected chi connectivity index (χ2v) is 12.9. The number of ether oxygens (including phenoxy) is 1. The molecule has 5 atom stereocenters. The number of nitrogens with one attached hydrogen (secondary N) is 1. The Morgan fingerprint density at radius 1 is 1.16 bits per heavy atom. The van der Waals surface area contributed by atoms with Crippen molar-refractivity contribution in [3.8, 4) is 5.75 Å². The predicted octanol–water partition coefficient (Wildman–Crippen LogP) is 5.77. The van der Waals surface area contributed by atoms with E-state index in [0.717, 1.165) is 30.4 Å². The van der Waals surface area contributed by atoms with Crippen molar-refractivity contribution in [3.63, 3.8) is 0 Å². The number of halogens is 2. The van der Waals surface area contributed by atoms with Crippen molar-refractivity contribution in [1.29, 1.82) is 4.78 Å². The van der Waals surface area contributed by atoms with Crippen LogP contribution >= 0.6 is 45.2 Å². The second kappa shape index (κ2) is 9.17. The van der Waals surface area contributed by atoms with Crippen molar-refractivity contribution in [2.75, 3.05) is 12.4 Å². The number of hydrogen-bond donors (Lipinski definition) is 2. The van der Waals surface area contributed by atoms with Crippen LogP contribution < -0.4 is 4.74 Å². The predicted molar refractivity (Wildman–Crippen MR) is 137 cm³/mol. The van der Waals surface area contributed by atoms with Gasteiger partial charge in [-0.2, -0.15) is 0 Å². The minimum Gasteiger partial charge on any atom is -0.492 e. The molecule has 5 nitrogen and oxygen atoms in total. The van der Waals surface area contributed by atoms with Crippen LogP contribution in [0.15, 0.2) is 41.3 Å². The zero-order chi connectivity index (χ0) is 22.3. The Hall–Kier alpha value is -0.880. The fraction of sp³-hybridized carbons (Fsp3) is 0.435. The summed E-state index contributed by atoms with van der Waals surface area (Å²) in [6, 6.07) is 11.6. The zero-order valence-corrected chi connectivity index (χ0v) is 22.3. The van der Waals surface area contributed by atoms with Crippen molar-refractivity contribution in [1.82, 2.24) is 0 Å². The minimum atomic E-state index is -2.99. The first-order valence-corrected chi connectivity index (χ1v) is 14.3. The molecule has 0 radical (unpaired) electrons. The van der Waals surface area contributed by atoms with Gasteiger partial charge in [-0.1, -0.05) is 19.1 Å². The second-order valence-electron chi connectivity index (χ2n) is 8.39. The molecule has 4 rings (SSSR count). The van der Waals surface area contributed by atoms with Crippen LogP contribution in [0.2, 0.25) is 0 Å². The van der Waals surface area contributed by atoms with Gasteiger partial charge in [0.15, 0.2) is 0 Å². The Labute approximate surface area is 210 Å². The van der Waals surface area contributed by atoms with E-state index in [0.29, 0.717) is 24.3 Å². The fourth-order valence-electron chi connectivity index (χ4n) is 5.08. The van der Waals surface area contributed by atoms with Gasteiger partial charge in [0.1, 0.15) is 5.75 Å². The van der Waals surface area contributed by atoms with Gasteiger partial charge < -0.3 is 9.84 Å². The first-order valence-electron chi connectivity index (χ1n) is 10.4. The van der Waals surface area contributed by atoms with Gasteiger partial charge >= 0.3 is 5.97 Å². The number of hydrogen-bond acceptors (Lipinski definition) is 4. The van der Waals surface area contributed by atoms with Gasteiger partial charge in [-0.3, -0.25) is 4.79 Å². The molecule has 31 heavy (non-hydrogen) atoms. The summed E-state index contributed by atoms with van der Waals surface area (Å²) in [4.78, 5) is 12.6. The van der Waals surface area contributed by atoms with Crippen LogP contribution in [0.25, 0.3) is 0 Å². The van der Waals surface area contributed by atoms with Gasteiger partial charge in [0, 0.05) is 25.7 Å². The third-order valence-corrected chi connectivity index (χ3v) is 10.4. The van der Waals surface area contributed by atoms with E-state index < -0.39 is 21.6 Å². The van der Waals surface area contributed by atoms with Gasteiger partial charge in [-0.05, 0) is 106 Å². The summed E-state index contributed by atoms with van der Waals surface area (Å²) in [6.45, 7) is 2.42. The summed E-state index contributed by atoms with van der Waals surface area (Å²) in [5, 5.41) is 9.84. The molecule has 0 spiro atoms. The average Bonchev–Trinajstić information content (AvgIpc) is 2.75. The Balaban J connectivity index is 1.73. The third-order valence-electron chi connectivity index (χ3n) is 6.66. The molecule has 2 aromatic rings. The quantitative estimate of drug-likeness (QED) is 0.398. The maximum atomic E-state index is 13.5. The third kappa shape index (κ3) is 4.48. The summed E-state index contributed by atoms with van der Waals surface area (Å²) in [5.41, 5.74) is 2.19. The van der Waals surface area contributed by atoms with Crippen LogP contribution in [0.3, 0.4) is 0 Å². The van der Waals surface area contributed by atoms with E-state index in [-0.39, 0.29) is 23.5 Å². The van der Waals surface area contributed by atoms with Gasteiger partial charge in [-0.25, -0.2) is 8.99 Å². The standard InChI is InChI=1S/C23H25I2NO4S/c1-2-13-3-6-15(7-4-13)31(26,29)12-14-5-8-16(23(27)28)17-11-30-22-19(25)10-9-18(24)21(22)20(14)17/h3-4,6-7,9-10,14,16-17,20,26H,2,5,8,11-12H2,1H3,(H,27,28)/t14?,16-,17+,20-,31?/m1/s1. The Bertz CT molecular complexity index is 1100. The molecule has 1 saturated carbocycles. The molecule has 2 aliphatic rings. The molecule has 2 aromatic carbocycles. The number of fused-ring (bicyclic) bond motifs is 3. The maximum Gasteiger partial charge on any atom is 0.306 e. The monoisotopic (exact) mass is 665 g/mol. The number of carboxylic acid groups (broad SMARTS) is 1. The lowest BCUT2D eigenvalue weighted by atomic mass is 9.64. The number of aryl methyl sites for hydroxylation is 1. The van der Waals surface area contributed by atoms with Crippen LogP contribution in [0.4, 0.5) is 0 Å². The van der Waals surface area contributed by atoms with Crippen LogP contribution in [0.1, 0.15) is 36.8 Å². The van der Waals surface area contributed by atoms with Crippen LogP contribution in [-0.2, 0) is 20.9 Å². The van der Waals surface area contributed by atoms with Crippen molar-refractivity contribution in [3.05, 3.63) is 54.7 Å². The maximum absolute atomic E-state index is 13.5. The van der Waals surface area contributed by atoms with Gasteiger partial charge in [0.05, 0.1) is 25.8 Å². The molecule has 2 N–H and O–H groups in total. The topological polar surface area (TPSA) is 87.5 Å². The summed E-state index contributed by atoms with van der Waals surface area (Å²) >= 11 is 4.55. The van der Waals surface area contributed by atoms with E-state index >= 15 is 0 Å². The molecule has 0 amide bonds. The highest BCUT2D eigenvalue weighted by atomic mass is 127. The van der Waals surface area contributed by atoms with Crippen molar-refractivity contribution in [2.45, 2.75) is 37.0 Å². The van der Waals surface area contributed by atoms with E-state index in [2.05, 4.69) is 52.1 Å². The molecule has 0 aromatic heterocycles. The lowest BCUT2D eigenvalue weighted by molar-refractivity contribution is -0.147. The lowest BCUT2D eigenvalue weighted by Gasteiger charge is -2.45. The highest BCUT2D eigenvalue weighted by molar-refractivity contribution is 14.1. The Kier molecular flexibility index (Phi) is 6.88. The van der Waals surface area contributed by atoms with E-state index in [1.54, 1.807) is 0 Å². The molecule has 0 bridgehead atoms. The summed E-state index contributed by atoms with van der Waals surface area (Å²) < 4.78 is 30.4. The Morgan fingerprint density at radius 3 is 2.48 bits per heavy atom. The van der Waals surface area contributed by atoms with Crippen LogP contribution in [0.5, 0.6) is 5.75 Å². The van der Waals surface area contributed by atoms with Crippen LogP contribution in [0, 0.1) is 29.7 Å². The zero-order valence-electron chi connectivity index (χ0n) is 17.1. The van der Waals surface area contributed by atoms with Gasteiger partial charge in [0.25, 0.3) is 0 Å². The van der Waals surface area contributed by atoms with E-state index in [9.17, 15) is 14.1 Å². The SMILES string of the molecule is CCc1ccc(S(=N)(=O)CC2CC[C@@H](C(=O)O)[C@@H]3COc4c(I)ccc(I)c4[C@H]23)cc1. The Morgan fingerprint density at radius 2 is 1.84 bits per heavy atom. The van der Waals surface area contributed by atoms with E-state index in [1.807, 2.05) is 36.4 Å². The number of aliphatic carboxylic acids is 1. The molecule has 166 valence electrons. The smallest absolute Gasteiger partial charge is 0.306 e. The van der Waals surface area contributed by atoms with Crippen molar-refractivity contribution >= 4 is 60.9 Å². The lowest BCUT2D eigenvalue weighted by Crippen LogP contribution is -2.44. The first-order chi connectivity index (χ1) is 14.7. The van der Waals surface area contributed by atoms with Crippen LogP contribution in [-0.4, -0.2) is 27.6 Å². The molecular weight excluding hydrogens is 640 g/mol. The number of benzene rings is 2. The molecule has 1 aliphatic carbocycles. The van der Waals surface area contributed by atoms with E-state index in [4.69, 9.17) is 9.52 Å². The molecular formula is C23H25I2NO4S. The highest BCUT2D eigenvalue weighted by Gasteiger charge is 2.48. The normalized spacial score (nSPS) is 26.8. The minimum absolute atomic E-state index is 0.0224. The number of carboxylic acids is 1. The fourth-order valence-corrected chi connectivity index (χ4v) is 8.23. The largest absolute Gasteiger partial charge is 0.492 e. The molecule has 8 heteroatoms. The van der Waals surface area contributed by atoms with Crippen molar-refractivity contribution < 1.29 is 18.8 Å².